The summed E-state index contributed by atoms with van der Waals surface area (Å²) >= 11 is 11.7. The van der Waals surface area contributed by atoms with E-state index in [9.17, 15) is 4.79 Å². The third-order valence-corrected chi connectivity index (χ3v) is 3.66. The van der Waals surface area contributed by atoms with Crippen LogP contribution in [0.2, 0.25) is 10.0 Å². The van der Waals surface area contributed by atoms with Gasteiger partial charge in [0, 0.05) is 18.7 Å². The van der Waals surface area contributed by atoms with Crippen LogP contribution in [0.25, 0.3) is 0 Å². The first-order valence-corrected chi connectivity index (χ1v) is 6.74. The molecule has 4 nitrogen and oxygen atoms in total. The monoisotopic (exact) mass is 300 g/mol. The molecule has 0 spiro atoms. The maximum Gasteiger partial charge on any atom is 0.295 e. The van der Waals surface area contributed by atoms with Gasteiger partial charge in [0.15, 0.2) is 0 Å². The molecule has 1 saturated heterocycles. The average Bonchev–Trinajstić information content (AvgIpc) is 2.92. The van der Waals surface area contributed by atoms with E-state index in [0.717, 1.165) is 25.9 Å². The normalized spacial score (nSPS) is 15.7. The number of benzene rings is 1. The van der Waals surface area contributed by atoms with Crippen LogP contribution in [0.15, 0.2) is 23.2 Å². The largest absolute Gasteiger partial charge is 0.468 e. The number of amides is 1. The maximum atomic E-state index is 12.0. The van der Waals surface area contributed by atoms with Crippen molar-refractivity contribution in [3.05, 3.63) is 33.8 Å². The number of halogens is 2. The average molecular weight is 301 g/mol. The Labute approximate surface area is 122 Å². The summed E-state index contributed by atoms with van der Waals surface area (Å²) in [6, 6.07) is 5.03. The van der Waals surface area contributed by atoms with Crippen LogP contribution in [0.1, 0.15) is 23.2 Å². The molecule has 0 aliphatic carbocycles. The van der Waals surface area contributed by atoms with Gasteiger partial charge < -0.3 is 9.64 Å². The molecule has 1 aromatic rings. The first-order valence-electron chi connectivity index (χ1n) is 5.99. The lowest BCUT2D eigenvalue weighted by Gasteiger charge is -2.17. The number of likely N-dealkylation sites (tertiary alicyclic amines) is 1. The van der Waals surface area contributed by atoms with Crippen molar-refractivity contribution in [2.45, 2.75) is 12.8 Å². The Morgan fingerprint density at radius 1 is 1.26 bits per heavy atom. The molecule has 1 heterocycles. The highest BCUT2D eigenvalue weighted by molar-refractivity contribution is 6.42. The molecule has 1 fully saturated rings. The van der Waals surface area contributed by atoms with Gasteiger partial charge in [-0.2, -0.15) is 4.99 Å². The zero-order chi connectivity index (χ0) is 13.8. The van der Waals surface area contributed by atoms with E-state index in [0.29, 0.717) is 21.6 Å². The fourth-order valence-corrected chi connectivity index (χ4v) is 2.23. The topological polar surface area (TPSA) is 41.9 Å². The Balaban J connectivity index is 2.19. The first-order chi connectivity index (χ1) is 9.11. The SMILES string of the molecule is COC(=NC(=O)c1ccc(Cl)c(Cl)c1)N1CCCC1. The summed E-state index contributed by atoms with van der Waals surface area (Å²) in [5.41, 5.74) is 0.392. The first kappa shape index (κ1) is 14.2. The van der Waals surface area contributed by atoms with E-state index in [4.69, 9.17) is 27.9 Å². The minimum absolute atomic E-state index is 0.336. The summed E-state index contributed by atoms with van der Waals surface area (Å²) in [5.74, 6) is -0.387. The van der Waals surface area contributed by atoms with Gasteiger partial charge in [-0.25, -0.2) is 0 Å². The van der Waals surface area contributed by atoms with Gasteiger partial charge in [0.25, 0.3) is 11.9 Å². The summed E-state index contributed by atoms with van der Waals surface area (Å²) in [7, 11) is 1.51. The summed E-state index contributed by atoms with van der Waals surface area (Å²) in [6.07, 6.45) is 2.17. The number of amidine groups is 1. The van der Waals surface area contributed by atoms with E-state index in [1.807, 2.05) is 4.90 Å². The van der Waals surface area contributed by atoms with E-state index < -0.39 is 0 Å². The third-order valence-electron chi connectivity index (χ3n) is 2.92. The minimum atomic E-state index is -0.387. The van der Waals surface area contributed by atoms with Crippen molar-refractivity contribution < 1.29 is 9.53 Å². The van der Waals surface area contributed by atoms with Gasteiger partial charge in [-0.3, -0.25) is 4.79 Å². The quantitative estimate of drug-likeness (QED) is 0.591. The van der Waals surface area contributed by atoms with Crippen molar-refractivity contribution in [3.63, 3.8) is 0 Å². The number of hydrogen-bond donors (Lipinski definition) is 0. The molecular weight excluding hydrogens is 287 g/mol. The number of methoxy groups -OCH3 is 1. The van der Waals surface area contributed by atoms with Crippen LogP contribution in [0.4, 0.5) is 0 Å². The van der Waals surface area contributed by atoms with Gasteiger partial charge in [-0.15, -0.1) is 0 Å². The van der Waals surface area contributed by atoms with E-state index in [1.54, 1.807) is 12.1 Å². The molecule has 0 aromatic heterocycles. The number of ether oxygens (including phenoxy) is 1. The fourth-order valence-electron chi connectivity index (χ4n) is 1.93. The number of rotatable bonds is 1. The molecule has 0 bridgehead atoms. The minimum Gasteiger partial charge on any atom is -0.468 e. The van der Waals surface area contributed by atoms with Gasteiger partial charge in [-0.05, 0) is 31.0 Å². The number of nitrogens with zero attached hydrogens (tertiary/aromatic N) is 2. The number of carbonyl (C=O) groups excluding carboxylic acids is 1. The van der Waals surface area contributed by atoms with Crippen LogP contribution >= 0.6 is 23.2 Å². The van der Waals surface area contributed by atoms with Crippen LogP contribution in [0.5, 0.6) is 0 Å². The lowest BCUT2D eigenvalue weighted by atomic mass is 10.2. The summed E-state index contributed by atoms with van der Waals surface area (Å²) < 4.78 is 5.18. The number of carbonyl (C=O) groups is 1. The van der Waals surface area contributed by atoms with Crippen molar-refractivity contribution >= 4 is 35.1 Å². The summed E-state index contributed by atoms with van der Waals surface area (Å²) in [5, 5.41) is 0.747. The Hall–Kier alpha value is -1.26. The molecule has 0 radical (unpaired) electrons. The van der Waals surface area contributed by atoms with Crippen LogP contribution in [0.3, 0.4) is 0 Å². The maximum absolute atomic E-state index is 12.0. The Morgan fingerprint density at radius 2 is 1.95 bits per heavy atom. The van der Waals surface area contributed by atoms with Crippen LogP contribution in [0, 0.1) is 0 Å². The van der Waals surface area contributed by atoms with Gasteiger partial charge in [0.05, 0.1) is 17.2 Å². The molecule has 1 aliphatic rings. The smallest absolute Gasteiger partial charge is 0.295 e. The molecule has 0 atom stereocenters. The van der Waals surface area contributed by atoms with E-state index in [1.165, 1.54) is 13.2 Å². The molecule has 1 aliphatic heterocycles. The molecule has 2 rings (SSSR count). The molecular formula is C13H14Cl2N2O2. The predicted molar refractivity (Wildman–Crippen MR) is 76.0 cm³/mol. The Kier molecular flexibility index (Phi) is 4.66. The van der Waals surface area contributed by atoms with Crippen LogP contribution in [-0.2, 0) is 4.74 Å². The standard InChI is InChI=1S/C13H14Cl2N2O2/c1-19-13(17-6-2-3-7-17)16-12(18)9-4-5-10(14)11(15)8-9/h4-5,8H,2-3,6-7H2,1H3. The molecule has 0 saturated carbocycles. The van der Waals surface area contributed by atoms with E-state index in [2.05, 4.69) is 4.99 Å². The predicted octanol–water partition coefficient (Wildman–Crippen LogP) is 3.23. The highest BCUT2D eigenvalue weighted by atomic mass is 35.5. The number of aliphatic imine (C=N–C) groups is 1. The number of hydrogen-bond acceptors (Lipinski definition) is 2. The Bertz CT molecular complexity index is 511. The van der Waals surface area contributed by atoms with Crippen molar-refractivity contribution in [1.29, 1.82) is 0 Å². The van der Waals surface area contributed by atoms with Crippen molar-refractivity contribution in [1.82, 2.24) is 4.90 Å². The molecule has 102 valence electrons. The summed E-state index contributed by atoms with van der Waals surface area (Å²) in [4.78, 5) is 18.0. The van der Waals surface area contributed by atoms with Crippen molar-refractivity contribution in [3.8, 4) is 0 Å². The molecule has 0 unspecified atom stereocenters. The zero-order valence-electron chi connectivity index (χ0n) is 10.5. The summed E-state index contributed by atoms with van der Waals surface area (Å²) in [6.45, 7) is 1.72. The van der Waals surface area contributed by atoms with E-state index >= 15 is 0 Å². The fraction of sp³-hybridized carbons (Fsp3) is 0.385. The highest BCUT2D eigenvalue weighted by Gasteiger charge is 2.18. The second kappa shape index (κ2) is 6.26. The molecule has 19 heavy (non-hydrogen) atoms. The highest BCUT2D eigenvalue weighted by Crippen LogP contribution is 2.23. The molecule has 1 aromatic carbocycles. The third kappa shape index (κ3) is 3.39. The molecule has 1 amide bonds. The lowest BCUT2D eigenvalue weighted by Crippen LogP contribution is -2.30. The lowest BCUT2D eigenvalue weighted by molar-refractivity contribution is 0.0996. The molecule has 6 heteroatoms. The van der Waals surface area contributed by atoms with E-state index in [-0.39, 0.29) is 5.91 Å². The Morgan fingerprint density at radius 3 is 2.53 bits per heavy atom. The van der Waals surface area contributed by atoms with Gasteiger partial charge >= 0.3 is 0 Å². The van der Waals surface area contributed by atoms with Crippen molar-refractivity contribution in [2.75, 3.05) is 20.2 Å². The van der Waals surface area contributed by atoms with Gasteiger partial charge in [0.1, 0.15) is 0 Å². The van der Waals surface area contributed by atoms with Gasteiger partial charge in [-0.1, -0.05) is 23.2 Å². The second-order valence-corrected chi connectivity index (χ2v) is 5.04. The molecule has 0 N–H and O–H groups in total. The van der Waals surface area contributed by atoms with Crippen molar-refractivity contribution in [2.24, 2.45) is 4.99 Å². The second-order valence-electron chi connectivity index (χ2n) is 4.23. The van der Waals surface area contributed by atoms with Gasteiger partial charge in [0.2, 0.25) is 0 Å². The zero-order valence-corrected chi connectivity index (χ0v) is 12.0. The van der Waals surface area contributed by atoms with Crippen LogP contribution < -0.4 is 0 Å². The van der Waals surface area contributed by atoms with Crippen LogP contribution in [-0.4, -0.2) is 37.0 Å².